The van der Waals surface area contributed by atoms with E-state index in [1.807, 2.05) is 6.92 Å². The summed E-state index contributed by atoms with van der Waals surface area (Å²) in [6.45, 7) is 1.90. The fourth-order valence-corrected chi connectivity index (χ4v) is 6.37. The fraction of sp³-hybridized carbons (Fsp3) is 0.517. The van der Waals surface area contributed by atoms with Gasteiger partial charge < -0.3 is 20.5 Å². The van der Waals surface area contributed by atoms with Crippen LogP contribution in [0.15, 0.2) is 36.4 Å². The molecule has 8 heteroatoms. The van der Waals surface area contributed by atoms with Gasteiger partial charge in [0.25, 0.3) is 5.91 Å². The van der Waals surface area contributed by atoms with Gasteiger partial charge in [0.1, 0.15) is 17.7 Å². The van der Waals surface area contributed by atoms with Crippen LogP contribution in [-0.2, 0) is 11.2 Å². The number of benzene rings is 2. The van der Waals surface area contributed by atoms with Crippen molar-refractivity contribution in [2.24, 2.45) is 0 Å². The molecule has 1 spiro atoms. The van der Waals surface area contributed by atoms with Crippen LogP contribution in [0.3, 0.4) is 0 Å². The molecule has 37 heavy (non-hydrogen) atoms. The van der Waals surface area contributed by atoms with Gasteiger partial charge in [0, 0.05) is 36.5 Å². The van der Waals surface area contributed by atoms with Crippen LogP contribution in [0.1, 0.15) is 74.2 Å². The zero-order valence-electron chi connectivity index (χ0n) is 21.1. The molecule has 3 fully saturated rings. The van der Waals surface area contributed by atoms with E-state index in [4.69, 9.17) is 4.74 Å². The summed E-state index contributed by atoms with van der Waals surface area (Å²) >= 11 is 0. The second-order valence-corrected chi connectivity index (χ2v) is 10.8. The molecular formula is C29H34F2N2O4. The SMILES string of the molecule is CCc1c(F)cccc1-c1cc(C(=O)O)ccc1O[C@@H]1CC[C@@H](NC(=O)[C@@]2(F)CNC3(CCCC3)C2)C1. The van der Waals surface area contributed by atoms with E-state index in [0.29, 0.717) is 48.1 Å². The van der Waals surface area contributed by atoms with Crippen molar-refractivity contribution in [2.75, 3.05) is 6.54 Å². The molecule has 3 N–H and O–H groups in total. The summed E-state index contributed by atoms with van der Waals surface area (Å²) in [5.41, 5.74) is -0.437. The van der Waals surface area contributed by atoms with Crippen molar-refractivity contribution in [1.29, 1.82) is 0 Å². The number of amides is 1. The molecular weight excluding hydrogens is 478 g/mol. The highest BCUT2D eigenvalue weighted by Gasteiger charge is 2.54. The first-order chi connectivity index (χ1) is 17.7. The molecule has 0 unspecified atom stereocenters. The summed E-state index contributed by atoms with van der Waals surface area (Å²) < 4.78 is 36.4. The lowest BCUT2D eigenvalue weighted by molar-refractivity contribution is -0.132. The number of aromatic carboxylic acids is 1. The zero-order valence-corrected chi connectivity index (χ0v) is 21.1. The lowest BCUT2D eigenvalue weighted by atomic mass is 9.89. The number of nitrogens with one attached hydrogen (secondary N) is 2. The maximum atomic E-state index is 15.6. The molecule has 3 aliphatic rings. The van der Waals surface area contributed by atoms with E-state index in [9.17, 15) is 19.1 Å². The van der Waals surface area contributed by atoms with Gasteiger partial charge in [-0.3, -0.25) is 4.79 Å². The highest BCUT2D eigenvalue weighted by atomic mass is 19.1. The molecule has 2 aromatic rings. The maximum absolute atomic E-state index is 15.6. The minimum Gasteiger partial charge on any atom is -0.490 e. The Hall–Kier alpha value is -3.00. The molecule has 1 aliphatic heterocycles. The van der Waals surface area contributed by atoms with E-state index in [0.717, 1.165) is 25.7 Å². The van der Waals surface area contributed by atoms with Gasteiger partial charge in [0.15, 0.2) is 0 Å². The van der Waals surface area contributed by atoms with Crippen LogP contribution in [0, 0.1) is 5.82 Å². The third-order valence-electron chi connectivity index (χ3n) is 8.33. The third kappa shape index (κ3) is 5.08. The summed E-state index contributed by atoms with van der Waals surface area (Å²) in [4.78, 5) is 24.5. The number of carbonyl (C=O) groups excluding carboxylic acids is 1. The lowest BCUT2D eigenvalue weighted by Crippen LogP contribution is -2.48. The highest BCUT2D eigenvalue weighted by molar-refractivity contribution is 5.91. The second kappa shape index (κ2) is 10.0. The lowest BCUT2D eigenvalue weighted by Gasteiger charge is -2.25. The maximum Gasteiger partial charge on any atom is 0.335 e. The first kappa shape index (κ1) is 25.6. The minimum absolute atomic E-state index is 0.0537. The summed E-state index contributed by atoms with van der Waals surface area (Å²) in [6, 6.07) is 9.14. The van der Waals surface area contributed by atoms with Crippen LogP contribution < -0.4 is 15.4 Å². The molecule has 0 bridgehead atoms. The largest absolute Gasteiger partial charge is 0.490 e. The van der Waals surface area contributed by atoms with Crippen molar-refractivity contribution in [3.8, 4) is 16.9 Å². The van der Waals surface area contributed by atoms with E-state index in [1.54, 1.807) is 18.2 Å². The first-order valence-corrected chi connectivity index (χ1v) is 13.3. The van der Waals surface area contributed by atoms with E-state index >= 15 is 4.39 Å². The van der Waals surface area contributed by atoms with E-state index in [1.165, 1.54) is 18.2 Å². The Morgan fingerprint density at radius 2 is 1.95 bits per heavy atom. The normalized spacial score (nSPS) is 26.5. The monoisotopic (exact) mass is 512 g/mol. The van der Waals surface area contributed by atoms with Gasteiger partial charge in [-0.2, -0.15) is 0 Å². The van der Waals surface area contributed by atoms with Gasteiger partial charge in [0.05, 0.1) is 5.56 Å². The molecule has 1 amide bonds. The number of halogens is 2. The molecule has 2 aliphatic carbocycles. The second-order valence-electron chi connectivity index (χ2n) is 10.8. The molecule has 2 saturated carbocycles. The number of carboxylic acid groups (broad SMARTS) is 1. The zero-order chi connectivity index (χ0) is 26.2. The average Bonchev–Trinajstić information content (AvgIpc) is 3.60. The molecule has 1 saturated heterocycles. The Kier molecular flexibility index (Phi) is 6.96. The van der Waals surface area contributed by atoms with Crippen LogP contribution in [0.4, 0.5) is 8.78 Å². The summed E-state index contributed by atoms with van der Waals surface area (Å²) in [7, 11) is 0. The molecule has 2 aromatic carbocycles. The standard InChI is InChI=1S/C29H34F2N2O4/c1-2-21-22(6-5-7-24(21)30)23-14-18(26(34)35)8-11-25(23)37-20-10-9-19(15-20)33-27(36)29(31)16-28(32-17-29)12-3-4-13-28/h5-8,11,14,19-20,32H,2-4,9-10,12-13,15-17H2,1H3,(H,33,36)(H,34,35)/t19-,20-,29+/m1/s1. The van der Waals surface area contributed by atoms with Gasteiger partial charge >= 0.3 is 5.97 Å². The van der Waals surface area contributed by atoms with Crippen LogP contribution in [-0.4, -0.2) is 46.9 Å². The topological polar surface area (TPSA) is 87.7 Å². The van der Waals surface area contributed by atoms with Crippen LogP contribution in [0.5, 0.6) is 5.75 Å². The van der Waals surface area contributed by atoms with Crippen LogP contribution in [0.2, 0.25) is 0 Å². The smallest absolute Gasteiger partial charge is 0.335 e. The van der Waals surface area contributed by atoms with E-state index in [2.05, 4.69) is 10.6 Å². The summed E-state index contributed by atoms with van der Waals surface area (Å²) in [5, 5.41) is 15.7. The van der Waals surface area contributed by atoms with Gasteiger partial charge in [-0.25, -0.2) is 13.6 Å². The van der Waals surface area contributed by atoms with Crippen molar-refractivity contribution in [3.05, 3.63) is 53.3 Å². The number of hydrogen-bond acceptors (Lipinski definition) is 4. The molecule has 198 valence electrons. The molecule has 0 radical (unpaired) electrons. The van der Waals surface area contributed by atoms with Crippen molar-refractivity contribution < 1.29 is 28.2 Å². The molecule has 3 atom stereocenters. The molecule has 6 nitrogen and oxygen atoms in total. The summed E-state index contributed by atoms with van der Waals surface area (Å²) in [5.74, 6) is -1.51. The van der Waals surface area contributed by atoms with Crippen LogP contribution in [0.25, 0.3) is 11.1 Å². The van der Waals surface area contributed by atoms with Crippen molar-refractivity contribution in [2.45, 2.75) is 88.1 Å². The third-order valence-corrected chi connectivity index (χ3v) is 8.33. The number of carboxylic acids is 1. The van der Waals surface area contributed by atoms with Gasteiger partial charge in [-0.15, -0.1) is 0 Å². The Labute approximate surface area is 215 Å². The van der Waals surface area contributed by atoms with Crippen molar-refractivity contribution in [1.82, 2.24) is 10.6 Å². The van der Waals surface area contributed by atoms with Crippen LogP contribution >= 0.6 is 0 Å². The quantitative estimate of drug-likeness (QED) is 0.476. The van der Waals surface area contributed by atoms with E-state index in [-0.39, 0.29) is 42.0 Å². The van der Waals surface area contributed by atoms with Crippen molar-refractivity contribution >= 4 is 11.9 Å². The Balaban J connectivity index is 1.29. The summed E-state index contributed by atoms with van der Waals surface area (Å²) in [6.07, 6.45) is 6.24. The van der Waals surface area contributed by atoms with E-state index < -0.39 is 17.5 Å². The predicted molar refractivity (Wildman–Crippen MR) is 136 cm³/mol. The number of alkyl halides is 1. The average molecular weight is 513 g/mol. The predicted octanol–water partition coefficient (Wildman–Crippen LogP) is 5.18. The Bertz CT molecular complexity index is 1200. The Morgan fingerprint density at radius 1 is 1.16 bits per heavy atom. The number of hydrogen-bond donors (Lipinski definition) is 3. The van der Waals surface area contributed by atoms with Crippen molar-refractivity contribution in [3.63, 3.8) is 0 Å². The molecule has 5 rings (SSSR count). The van der Waals surface area contributed by atoms with Gasteiger partial charge in [0.2, 0.25) is 5.67 Å². The Morgan fingerprint density at radius 3 is 2.68 bits per heavy atom. The molecule has 0 aromatic heterocycles. The van der Waals surface area contributed by atoms with Gasteiger partial charge in [-0.05, 0) is 67.5 Å². The van der Waals surface area contributed by atoms with Gasteiger partial charge in [-0.1, -0.05) is 31.9 Å². The minimum atomic E-state index is -1.89. The fourth-order valence-electron chi connectivity index (χ4n) is 6.37. The molecule has 1 heterocycles. The first-order valence-electron chi connectivity index (χ1n) is 13.3. The highest BCUT2D eigenvalue weighted by Crippen LogP contribution is 2.42. The number of rotatable bonds is 7. The number of ether oxygens (including phenoxy) is 1. The number of carbonyl (C=O) groups is 2.